The Hall–Kier alpha value is 2.64. The van der Waals surface area contributed by atoms with Gasteiger partial charge >= 0.3 is 83.8 Å². The minimum absolute atomic E-state index is 0. The zero-order chi connectivity index (χ0) is 0. The molecule has 0 rings (SSSR count). The molecule has 0 amide bonds. The summed E-state index contributed by atoms with van der Waals surface area (Å²) in [7, 11) is 0. The quantitative estimate of drug-likeness (QED) is 0.360. The van der Waals surface area contributed by atoms with E-state index in [1.54, 1.807) is 0 Å². The summed E-state index contributed by atoms with van der Waals surface area (Å²) in [6.07, 6.45) is 0. The Labute approximate surface area is 107 Å². The molecule has 36 valence electrons. The predicted octanol–water partition coefficient (Wildman–Crippen LogP) is -1.96. The first-order valence-corrected chi connectivity index (χ1v) is 0. The van der Waals surface area contributed by atoms with E-state index < -0.39 is 0 Å². The molecule has 0 radical (unpaired) electrons. The van der Waals surface area contributed by atoms with Crippen LogP contribution in [0.25, 0.3) is 0 Å². The van der Waals surface area contributed by atoms with E-state index in [1.165, 1.54) is 0 Å². The molecule has 0 saturated heterocycles. The first-order chi connectivity index (χ1) is 0. The van der Waals surface area contributed by atoms with Gasteiger partial charge in [-0.3, -0.25) is 4.70 Å². The molecular weight excluding hydrogens is 140 g/mol. The summed E-state index contributed by atoms with van der Waals surface area (Å²) in [5, 5.41) is 0. The Morgan fingerprint density at radius 2 is 0.833 bits per heavy atom. The standard InChI is InChI=1S/Ca.FH.2Mg.2H2O.6H/h;1H;;;2*1H2;;;;;;/q+2;;2*+2;;;6*-1. The minimum atomic E-state index is 0. The molecule has 2 nitrogen and oxygen atoms in total. The van der Waals surface area contributed by atoms with Crippen LogP contribution < -0.4 is 0 Å². The molecule has 0 spiro atoms. The second-order valence-electron chi connectivity index (χ2n) is 0. The van der Waals surface area contributed by atoms with Crippen LogP contribution in [-0.4, -0.2) is 94.8 Å². The molecule has 0 fully saturated rings. The van der Waals surface area contributed by atoms with Crippen molar-refractivity contribution in [2.45, 2.75) is 0 Å². The predicted molar refractivity (Wildman–Crippen MR) is 33.7 cm³/mol. The van der Waals surface area contributed by atoms with Crippen LogP contribution in [0.1, 0.15) is 8.56 Å². The Kier molecular flexibility index (Phi) is 582. The van der Waals surface area contributed by atoms with Gasteiger partial charge < -0.3 is 19.5 Å². The number of rotatable bonds is 0. The van der Waals surface area contributed by atoms with Crippen LogP contribution >= 0.6 is 0 Å². The molecule has 0 unspecified atom stereocenters. The minimum Gasteiger partial charge on any atom is -1.00 e. The van der Waals surface area contributed by atoms with E-state index >= 15 is 0 Å². The van der Waals surface area contributed by atoms with Crippen molar-refractivity contribution in [1.82, 2.24) is 0 Å². The van der Waals surface area contributed by atoms with Crippen LogP contribution in [0, 0.1) is 0 Å². The van der Waals surface area contributed by atoms with Crippen molar-refractivity contribution in [2.75, 3.05) is 0 Å². The van der Waals surface area contributed by atoms with E-state index in [4.69, 9.17) is 0 Å². The summed E-state index contributed by atoms with van der Waals surface area (Å²) in [6, 6.07) is 0. The van der Waals surface area contributed by atoms with E-state index in [-0.39, 0.29) is 108 Å². The monoisotopic (exact) mass is 150 g/mol. The summed E-state index contributed by atoms with van der Waals surface area (Å²) >= 11 is 0. The maximum Gasteiger partial charge on any atom is 2.00 e. The molecule has 6 heteroatoms. The van der Waals surface area contributed by atoms with Crippen molar-refractivity contribution in [3.8, 4) is 0 Å². The summed E-state index contributed by atoms with van der Waals surface area (Å²) < 4.78 is 0. The van der Waals surface area contributed by atoms with E-state index in [9.17, 15) is 0 Å². The third-order valence-corrected chi connectivity index (χ3v) is 0. The average Bonchev–Trinajstić information content (AvgIpc) is 0. The van der Waals surface area contributed by atoms with E-state index in [0.29, 0.717) is 0 Å². The van der Waals surface area contributed by atoms with Crippen molar-refractivity contribution < 1.29 is 24.2 Å². The van der Waals surface area contributed by atoms with Gasteiger partial charge in [0.2, 0.25) is 0 Å². The van der Waals surface area contributed by atoms with Gasteiger partial charge in [-0.15, -0.1) is 0 Å². The van der Waals surface area contributed by atoms with Crippen molar-refractivity contribution in [3.63, 3.8) is 0 Å². The second kappa shape index (κ2) is 48.3. The zero-order valence-electron chi connectivity index (χ0n) is 9.53. The summed E-state index contributed by atoms with van der Waals surface area (Å²) in [5.74, 6) is 0. The Morgan fingerprint density at radius 3 is 0.833 bits per heavy atom. The molecule has 0 aliphatic carbocycles. The molecule has 0 saturated carbocycles. The van der Waals surface area contributed by atoms with Gasteiger partial charge in [0, 0.05) is 0 Å². The molecular formula is H11CaFMg2O2. The Morgan fingerprint density at radius 1 is 0.833 bits per heavy atom. The molecule has 0 aromatic carbocycles. The van der Waals surface area contributed by atoms with E-state index in [1.807, 2.05) is 0 Å². The van der Waals surface area contributed by atoms with Gasteiger partial charge in [0.15, 0.2) is 0 Å². The van der Waals surface area contributed by atoms with Crippen LogP contribution in [0.15, 0.2) is 0 Å². The maximum absolute atomic E-state index is 0. The van der Waals surface area contributed by atoms with Gasteiger partial charge in [-0.2, -0.15) is 0 Å². The number of hydrogen-bond donors (Lipinski definition) is 0. The molecule has 0 bridgehead atoms. The summed E-state index contributed by atoms with van der Waals surface area (Å²) in [5.41, 5.74) is 0. The maximum atomic E-state index is 0. The molecule has 4 N–H and O–H groups in total. The Bertz CT molecular complexity index is 23.5. The van der Waals surface area contributed by atoms with Crippen LogP contribution in [0.3, 0.4) is 0 Å². The first-order valence-electron chi connectivity index (χ1n) is 0. The molecule has 0 aromatic heterocycles. The fourth-order valence-corrected chi connectivity index (χ4v) is 0. The van der Waals surface area contributed by atoms with Gasteiger partial charge in [-0.1, -0.05) is 0 Å². The molecule has 0 atom stereocenters. The molecule has 0 aliphatic rings. The first kappa shape index (κ1) is 72.3. The average molecular weight is 151 g/mol. The van der Waals surface area contributed by atoms with Crippen LogP contribution in [0.2, 0.25) is 0 Å². The SMILES string of the molecule is F.O.O.[Ca+2].[H-].[H-].[H-].[H-].[H-].[H-].[Mg+2].[Mg+2]. The second-order valence-corrected chi connectivity index (χ2v) is 0. The van der Waals surface area contributed by atoms with Crippen molar-refractivity contribution in [3.05, 3.63) is 0 Å². The van der Waals surface area contributed by atoms with Crippen molar-refractivity contribution in [2.24, 2.45) is 0 Å². The smallest absolute Gasteiger partial charge is 1.00 e. The van der Waals surface area contributed by atoms with Gasteiger partial charge in [0.25, 0.3) is 0 Å². The summed E-state index contributed by atoms with van der Waals surface area (Å²) in [6.45, 7) is 0. The van der Waals surface area contributed by atoms with Crippen molar-refractivity contribution in [1.29, 1.82) is 0 Å². The normalized spacial score (nSPS) is 0. The number of halogens is 1. The van der Waals surface area contributed by atoms with E-state index in [0.717, 1.165) is 0 Å². The third-order valence-electron chi connectivity index (χ3n) is 0. The van der Waals surface area contributed by atoms with Gasteiger partial charge in [-0.05, 0) is 0 Å². The fourth-order valence-electron chi connectivity index (χ4n) is 0. The summed E-state index contributed by atoms with van der Waals surface area (Å²) in [4.78, 5) is 0. The van der Waals surface area contributed by atoms with Crippen LogP contribution in [0.4, 0.5) is 4.70 Å². The zero-order valence-corrected chi connectivity index (χ0v) is 8.57. The largest absolute Gasteiger partial charge is 2.00 e. The topological polar surface area (TPSA) is 63.0 Å². The molecule has 6 heavy (non-hydrogen) atoms. The molecule has 0 aromatic rings. The van der Waals surface area contributed by atoms with Crippen molar-refractivity contribution >= 4 is 83.8 Å². The molecule has 0 aliphatic heterocycles. The van der Waals surface area contributed by atoms with Gasteiger partial charge in [0.05, 0.1) is 0 Å². The Balaban J connectivity index is 0. The van der Waals surface area contributed by atoms with Crippen LogP contribution in [-0.2, 0) is 0 Å². The van der Waals surface area contributed by atoms with E-state index in [2.05, 4.69) is 0 Å². The van der Waals surface area contributed by atoms with Gasteiger partial charge in [0.1, 0.15) is 0 Å². The number of hydrogen-bond acceptors (Lipinski definition) is 0. The van der Waals surface area contributed by atoms with Crippen LogP contribution in [0.5, 0.6) is 0 Å². The third kappa shape index (κ3) is 30.3. The van der Waals surface area contributed by atoms with Gasteiger partial charge in [-0.25, -0.2) is 0 Å². The fraction of sp³-hybridized carbons (Fsp3) is 0. The molecule has 0 heterocycles.